The summed E-state index contributed by atoms with van der Waals surface area (Å²) in [5.41, 5.74) is 3.35. The van der Waals surface area contributed by atoms with Crippen molar-refractivity contribution in [3.05, 3.63) is 46.9 Å². The molecule has 0 spiro atoms. The average Bonchev–Trinajstić information content (AvgIpc) is 2.79. The number of aryl methyl sites for hydroxylation is 1. The Labute approximate surface area is 190 Å². The lowest BCUT2D eigenvalue weighted by Gasteiger charge is -2.30. The number of nitrogens with zero attached hydrogens (tertiary/aromatic N) is 3. The van der Waals surface area contributed by atoms with E-state index >= 15 is 0 Å². The van der Waals surface area contributed by atoms with Gasteiger partial charge >= 0.3 is 0 Å². The molecule has 0 radical (unpaired) electrons. The van der Waals surface area contributed by atoms with Crippen molar-refractivity contribution < 1.29 is 9.18 Å². The van der Waals surface area contributed by atoms with E-state index in [-0.39, 0.29) is 11.7 Å². The summed E-state index contributed by atoms with van der Waals surface area (Å²) in [4.78, 5) is 24.0. The van der Waals surface area contributed by atoms with Gasteiger partial charge in [0, 0.05) is 32.2 Å². The van der Waals surface area contributed by atoms with E-state index in [1.54, 1.807) is 12.1 Å². The number of anilines is 2. The Kier molecular flexibility index (Phi) is 7.22. The van der Waals surface area contributed by atoms with Crippen LogP contribution in [0.25, 0.3) is 0 Å². The van der Waals surface area contributed by atoms with Crippen molar-refractivity contribution in [2.75, 3.05) is 30.9 Å². The average molecular weight is 440 g/mol. The fourth-order valence-electron chi connectivity index (χ4n) is 4.81. The third kappa shape index (κ3) is 5.75. The molecule has 0 bridgehead atoms. The van der Waals surface area contributed by atoms with Crippen LogP contribution in [-0.4, -0.2) is 42.6 Å². The molecule has 1 heterocycles. The molecule has 0 unspecified atom stereocenters. The summed E-state index contributed by atoms with van der Waals surface area (Å²) < 4.78 is 13.0. The largest absolute Gasteiger partial charge is 0.362 e. The second-order valence-corrected chi connectivity index (χ2v) is 9.37. The van der Waals surface area contributed by atoms with Crippen molar-refractivity contribution >= 4 is 17.7 Å². The molecular weight excluding hydrogens is 405 g/mol. The molecule has 7 heteroatoms. The number of rotatable bonds is 7. The lowest BCUT2D eigenvalue weighted by atomic mass is 9.86. The molecule has 1 saturated carbocycles. The minimum Gasteiger partial charge on any atom is -0.362 e. The summed E-state index contributed by atoms with van der Waals surface area (Å²) in [5, 5.41) is 6.63. The Morgan fingerprint density at radius 1 is 1.06 bits per heavy atom. The first-order chi connectivity index (χ1) is 15.5. The predicted molar refractivity (Wildman–Crippen MR) is 125 cm³/mol. The maximum Gasteiger partial charge on any atom is 0.225 e. The molecule has 1 amide bonds. The van der Waals surface area contributed by atoms with E-state index in [1.807, 2.05) is 0 Å². The van der Waals surface area contributed by atoms with E-state index < -0.39 is 0 Å². The number of hydrogen-bond acceptors (Lipinski definition) is 5. The second-order valence-electron chi connectivity index (χ2n) is 9.37. The zero-order valence-electron chi connectivity index (χ0n) is 19.2. The van der Waals surface area contributed by atoms with E-state index in [1.165, 1.54) is 36.2 Å². The number of amides is 1. The summed E-state index contributed by atoms with van der Waals surface area (Å²) in [6.07, 6.45) is 9.06. The van der Waals surface area contributed by atoms with Crippen LogP contribution in [0.3, 0.4) is 0 Å². The Balaban J connectivity index is 1.25. The second kappa shape index (κ2) is 10.3. The topological polar surface area (TPSA) is 70.2 Å². The molecule has 32 heavy (non-hydrogen) atoms. The van der Waals surface area contributed by atoms with Gasteiger partial charge in [0.2, 0.25) is 11.9 Å². The van der Waals surface area contributed by atoms with Crippen molar-refractivity contribution in [1.82, 2.24) is 15.3 Å². The van der Waals surface area contributed by atoms with Gasteiger partial charge in [0.15, 0.2) is 0 Å². The number of halogens is 1. The molecule has 2 aliphatic carbocycles. The first-order valence-corrected chi connectivity index (χ1v) is 11.8. The van der Waals surface area contributed by atoms with Crippen LogP contribution in [0.15, 0.2) is 24.3 Å². The Hall–Kier alpha value is -2.70. The Morgan fingerprint density at radius 3 is 2.50 bits per heavy atom. The lowest BCUT2D eigenvalue weighted by molar-refractivity contribution is -0.120. The molecule has 0 atom stereocenters. The van der Waals surface area contributed by atoms with Crippen LogP contribution < -0.4 is 15.5 Å². The van der Waals surface area contributed by atoms with Crippen LogP contribution in [0.2, 0.25) is 0 Å². The zero-order chi connectivity index (χ0) is 22.5. The van der Waals surface area contributed by atoms with Gasteiger partial charge in [-0.3, -0.25) is 4.79 Å². The van der Waals surface area contributed by atoms with Crippen LogP contribution in [-0.2, 0) is 24.1 Å². The molecule has 2 N–H and O–H groups in total. The summed E-state index contributed by atoms with van der Waals surface area (Å²) >= 11 is 0. The predicted octanol–water partition coefficient (Wildman–Crippen LogP) is 3.89. The maximum atomic E-state index is 13.0. The van der Waals surface area contributed by atoms with Gasteiger partial charge in [0.1, 0.15) is 11.6 Å². The maximum absolute atomic E-state index is 13.0. The minimum absolute atomic E-state index is 0.00414. The van der Waals surface area contributed by atoms with Crippen molar-refractivity contribution in [1.29, 1.82) is 0 Å². The Bertz CT molecular complexity index is 923. The highest BCUT2D eigenvalue weighted by molar-refractivity contribution is 5.78. The number of aromatic nitrogens is 2. The van der Waals surface area contributed by atoms with Gasteiger partial charge in [-0.1, -0.05) is 12.1 Å². The third-order valence-electron chi connectivity index (χ3n) is 6.63. The Morgan fingerprint density at radius 2 is 1.78 bits per heavy atom. The van der Waals surface area contributed by atoms with Crippen LogP contribution >= 0.6 is 0 Å². The molecule has 1 aromatic heterocycles. The number of fused-ring (bicyclic) bond motifs is 1. The smallest absolute Gasteiger partial charge is 0.225 e. The van der Waals surface area contributed by atoms with Crippen LogP contribution in [0.4, 0.5) is 16.2 Å². The molecule has 6 nitrogen and oxygen atoms in total. The van der Waals surface area contributed by atoms with Crippen LogP contribution in [0, 0.1) is 11.7 Å². The van der Waals surface area contributed by atoms with Crippen LogP contribution in [0.1, 0.15) is 55.3 Å². The van der Waals surface area contributed by atoms with Gasteiger partial charge in [-0.25, -0.2) is 9.37 Å². The number of hydrogen-bond donors (Lipinski definition) is 2. The molecule has 2 aliphatic rings. The van der Waals surface area contributed by atoms with E-state index in [9.17, 15) is 9.18 Å². The summed E-state index contributed by atoms with van der Waals surface area (Å²) in [5.74, 6) is 2.01. The fourth-order valence-corrected chi connectivity index (χ4v) is 4.81. The fraction of sp³-hybridized carbons (Fsp3) is 0.560. The quantitative estimate of drug-likeness (QED) is 0.685. The van der Waals surface area contributed by atoms with Gasteiger partial charge in [0.05, 0.1) is 12.1 Å². The molecule has 0 saturated heterocycles. The monoisotopic (exact) mass is 439 g/mol. The molecule has 1 aromatic carbocycles. The molecule has 172 valence electrons. The zero-order valence-corrected chi connectivity index (χ0v) is 19.2. The van der Waals surface area contributed by atoms with Gasteiger partial charge in [-0.2, -0.15) is 4.98 Å². The highest BCUT2D eigenvalue weighted by Gasteiger charge is 2.24. The third-order valence-corrected chi connectivity index (χ3v) is 6.63. The SMILES string of the molecule is CN(C)c1nc(N[C@H]2CC[C@@H](CNC(=O)Cc3ccc(F)cc3)CC2)nc2c1CCCC2. The van der Waals surface area contributed by atoms with Crippen LogP contribution in [0.5, 0.6) is 0 Å². The first-order valence-electron chi connectivity index (χ1n) is 11.8. The van der Waals surface area contributed by atoms with Gasteiger partial charge in [-0.05, 0) is 75.0 Å². The molecule has 2 aromatic rings. The van der Waals surface area contributed by atoms with E-state index in [0.717, 1.165) is 55.9 Å². The lowest BCUT2D eigenvalue weighted by Crippen LogP contribution is -2.35. The molecule has 0 aliphatic heterocycles. The van der Waals surface area contributed by atoms with E-state index in [2.05, 4.69) is 29.6 Å². The highest BCUT2D eigenvalue weighted by atomic mass is 19.1. The molecule has 1 fully saturated rings. The van der Waals surface area contributed by atoms with Gasteiger partial charge in [0.25, 0.3) is 0 Å². The summed E-state index contributed by atoms with van der Waals surface area (Å²) in [7, 11) is 4.10. The molecular formula is C25H34FN5O. The van der Waals surface area contributed by atoms with Crippen molar-refractivity contribution in [3.63, 3.8) is 0 Å². The number of benzene rings is 1. The summed E-state index contributed by atoms with van der Waals surface area (Å²) in [6.45, 7) is 0.701. The number of nitrogens with one attached hydrogen (secondary N) is 2. The minimum atomic E-state index is -0.279. The standard InChI is InChI=1S/C25H34FN5O/c1-31(2)24-21-5-3-4-6-22(21)29-25(30-24)28-20-13-9-18(10-14-20)16-27-23(32)15-17-7-11-19(26)12-8-17/h7-8,11-12,18,20H,3-6,9-10,13-16H2,1-2H3,(H,27,32)(H,28,29,30)/t18-,20+. The number of carbonyl (C=O) groups excluding carboxylic acids is 1. The highest BCUT2D eigenvalue weighted by Crippen LogP contribution is 2.30. The molecule has 4 rings (SSSR count). The summed E-state index contributed by atoms with van der Waals surface area (Å²) in [6, 6.07) is 6.49. The van der Waals surface area contributed by atoms with Crippen molar-refractivity contribution in [3.8, 4) is 0 Å². The normalized spacial score (nSPS) is 20.3. The van der Waals surface area contributed by atoms with Crippen molar-refractivity contribution in [2.24, 2.45) is 5.92 Å². The van der Waals surface area contributed by atoms with E-state index in [0.29, 0.717) is 24.9 Å². The van der Waals surface area contributed by atoms with Gasteiger partial charge in [-0.15, -0.1) is 0 Å². The number of carbonyl (C=O) groups is 1. The first kappa shape index (κ1) is 22.5. The van der Waals surface area contributed by atoms with E-state index in [4.69, 9.17) is 9.97 Å². The van der Waals surface area contributed by atoms with Crippen molar-refractivity contribution in [2.45, 2.75) is 63.8 Å². The van der Waals surface area contributed by atoms with Gasteiger partial charge < -0.3 is 15.5 Å².